The van der Waals surface area contributed by atoms with Crippen LogP contribution < -0.4 is 5.32 Å². The quantitative estimate of drug-likeness (QED) is 0.799. The van der Waals surface area contributed by atoms with Crippen LogP contribution in [0.1, 0.15) is 44.9 Å². The van der Waals surface area contributed by atoms with E-state index >= 15 is 0 Å². The average molecular weight is 279 g/mol. The second-order valence-corrected chi connectivity index (χ2v) is 7.86. The molecule has 1 spiro atoms. The van der Waals surface area contributed by atoms with Crippen LogP contribution >= 0.6 is 11.8 Å². The molecule has 4 aliphatic heterocycles. The van der Waals surface area contributed by atoms with E-state index in [1.165, 1.54) is 75.5 Å². The summed E-state index contributed by atoms with van der Waals surface area (Å²) >= 11 is 1.99. The summed E-state index contributed by atoms with van der Waals surface area (Å²) in [6.45, 7) is 3.84. The van der Waals surface area contributed by atoms with Gasteiger partial charge < -0.3 is 10.2 Å². The van der Waals surface area contributed by atoms with Crippen molar-refractivity contribution in [2.24, 2.45) is 10.9 Å². The van der Waals surface area contributed by atoms with Crippen molar-refractivity contribution >= 4 is 16.9 Å². The highest BCUT2D eigenvalue weighted by molar-refractivity contribution is 8.14. The van der Waals surface area contributed by atoms with Crippen molar-refractivity contribution in [3.63, 3.8) is 0 Å². The molecule has 0 aromatic heterocycles. The summed E-state index contributed by atoms with van der Waals surface area (Å²) in [6, 6.07) is 0.580. The summed E-state index contributed by atoms with van der Waals surface area (Å²) in [4.78, 5) is 7.70. The van der Waals surface area contributed by atoms with Crippen LogP contribution in [0.3, 0.4) is 0 Å². The van der Waals surface area contributed by atoms with Crippen LogP contribution in [0.15, 0.2) is 4.99 Å². The summed E-state index contributed by atoms with van der Waals surface area (Å²) < 4.78 is 0. The molecule has 0 aromatic carbocycles. The molecular formula is C15H25N3S. The van der Waals surface area contributed by atoms with Crippen LogP contribution in [-0.4, -0.2) is 47.0 Å². The highest BCUT2D eigenvalue weighted by Crippen LogP contribution is 2.37. The van der Waals surface area contributed by atoms with Gasteiger partial charge in [0.15, 0.2) is 5.17 Å². The molecule has 106 valence electrons. The molecule has 1 aliphatic carbocycles. The second kappa shape index (κ2) is 4.96. The van der Waals surface area contributed by atoms with Gasteiger partial charge >= 0.3 is 0 Å². The van der Waals surface area contributed by atoms with Crippen LogP contribution in [0.5, 0.6) is 0 Å². The zero-order valence-corrected chi connectivity index (χ0v) is 12.6. The minimum Gasteiger partial charge on any atom is -0.359 e. The lowest BCUT2D eigenvalue weighted by Crippen LogP contribution is -2.50. The summed E-state index contributed by atoms with van der Waals surface area (Å²) in [5.41, 5.74) is 0.412. The molecule has 5 aliphatic rings. The molecule has 1 saturated carbocycles. The Balaban J connectivity index is 1.44. The fourth-order valence-electron chi connectivity index (χ4n) is 4.30. The summed E-state index contributed by atoms with van der Waals surface area (Å²) in [7, 11) is 0. The highest BCUT2D eigenvalue weighted by atomic mass is 32.2. The predicted octanol–water partition coefficient (Wildman–Crippen LogP) is 2.48. The van der Waals surface area contributed by atoms with E-state index in [0.29, 0.717) is 11.6 Å². The Bertz CT molecular complexity index is 368. The van der Waals surface area contributed by atoms with Crippen molar-refractivity contribution in [2.75, 3.05) is 25.4 Å². The first-order valence-corrected chi connectivity index (χ1v) is 9.03. The number of fused-ring (bicyclic) bond motifs is 3. The van der Waals surface area contributed by atoms with Crippen molar-refractivity contribution in [3.8, 4) is 0 Å². The SMILES string of the molecule is C1CCC2(CC1)CSC(=NC1CN3CCC1CC3)N2. The van der Waals surface area contributed by atoms with Gasteiger partial charge in [-0.1, -0.05) is 31.0 Å². The fourth-order valence-corrected chi connectivity index (χ4v) is 5.58. The first kappa shape index (κ1) is 12.5. The zero-order valence-electron chi connectivity index (χ0n) is 11.7. The van der Waals surface area contributed by atoms with E-state index in [1.807, 2.05) is 11.8 Å². The minimum atomic E-state index is 0.412. The van der Waals surface area contributed by atoms with Crippen LogP contribution in [0.2, 0.25) is 0 Å². The summed E-state index contributed by atoms with van der Waals surface area (Å²) in [5, 5.41) is 5.07. The third-order valence-electron chi connectivity index (χ3n) is 5.57. The van der Waals surface area contributed by atoms with E-state index in [4.69, 9.17) is 4.99 Å². The van der Waals surface area contributed by atoms with Crippen molar-refractivity contribution in [2.45, 2.75) is 56.5 Å². The maximum Gasteiger partial charge on any atom is 0.157 e. The number of nitrogens with one attached hydrogen (secondary N) is 1. The number of hydrogen-bond acceptors (Lipinski definition) is 3. The predicted molar refractivity (Wildman–Crippen MR) is 81.8 cm³/mol. The Morgan fingerprint density at radius 2 is 1.95 bits per heavy atom. The third-order valence-corrected chi connectivity index (χ3v) is 6.75. The lowest BCUT2D eigenvalue weighted by molar-refractivity contribution is 0.0905. The van der Waals surface area contributed by atoms with Crippen LogP contribution in [-0.2, 0) is 0 Å². The molecule has 0 radical (unpaired) electrons. The van der Waals surface area contributed by atoms with Crippen LogP contribution in [0, 0.1) is 5.92 Å². The molecule has 0 amide bonds. The first-order chi connectivity index (χ1) is 9.33. The normalized spacial score (nSPS) is 42.7. The monoisotopic (exact) mass is 279 g/mol. The van der Waals surface area contributed by atoms with Crippen molar-refractivity contribution in [3.05, 3.63) is 0 Å². The number of aliphatic imine (C=N–C) groups is 1. The maximum atomic E-state index is 5.09. The maximum absolute atomic E-state index is 5.09. The molecule has 1 unspecified atom stereocenters. The molecular weight excluding hydrogens is 254 g/mol. The van der Waals surface area contributed by atoms with Gasteiger partial charge in [-0.2, -0.15) is 0 Å². The molecule has 5 rings (SSSR count). The fraction of sp³-hybridized carbons (Fsp3) is 0.933. The molecule has 0 aromatic rings. The molecule has 4 heterocycles. The van der Waals surface area contributed by atoms with Gasteiger partial charge in [-0.25, -0.2) is 0 Å². The third kappa shape index (κ3) is 2.42. The first-order valence-electron chi connectivity index (χ1n) is 8.04. The number of piperidine rings is 3. The number of rotatable bonds is 1. The molecule has 4 heteroatoms. The minimum absolute atomic E-state index is 0.412. The van der Waals surface area contributed by atoms with Gasteiger partial charge in [0.2, 0.25) is 0 Å². The van der Waals surface area contributed by atoms with Gasteiger partial charge in [-0.05, 0) is 44.7 Å². The Kier molecular flexibility index (Phi) is 3.27. The van der Waals surface area contributed by atoms with Crippen LogP contribution in [0.25, 0.3) is 0 Å². The van der Waals surface area contributed by atoms with E-state index in [9.17, 15) is 0 Å². The standard InChI is InChI=1S/C15H25N3S/c1-2-6-15(7-3-1)11-19-14(17-15)16-13-10-18-8-4-12(13)5-9-18/h12-13H,1-11H2,(H,16,17). The Morgan fingerprint density at radius 3 is 2.63 bits per heavy atom. The van der Waals surface area contributed by atoms with Crippen molar-refractivity contribution in [1.29, 1.82) is 0 Å². The van der Waals surface area contributed by atoms with Gasteiger partial charge in [0.1, 0.15) is 0 Å². The molecule has 1 atom stereocenters. The van der Waals surface area contributed by atoms with Gasteiger partial charge in [0.05, 0.1) is 6.04 Å². The smallest absolute Gasteiger partial charge is 0.157 e. The summed E-state index contributed by atoms with van der Waals surface area (Å²) in [5.74, 6) is 2.12. The molecule has 2 bridgehead atoms. The van der Waals surface area contributed by atoms with E-state index in [0.717, 1.165) is 5.92 Å². The Morgan fingerprint density at radius 1 is 1.16 bits per heavy atom. The van der Waals surface area contributed by atoms with Crippen molar-refractivity contribution in [1.82, 2.24) is 10.2 Å². The number of amidine groups is 1. The van der Waals surface area contributed by atoms with E-state index in [-0.39, 0.29) is 0 Å². The van der Waals surface area contributed by atoms with Gasteiger partial charge in [-0.15, -0.1) is 0 Å². The molecule has 3 nitrogen and oxygen atoms in total. The number of nitrogens with zero attached hydrogens (tertiary/aromatic N) is 2. The lowest BCUT2D eigenvalue weighted by atomic mass is 9.83. The Labute approximate surface area is 120 Å². The molecule has 1 N–H and O–H groups in total. The zero-order chi connectivity index (χ0) is 12.7. The largest absolute Gasteiger partial charge is 0.359 e. The lowest BCUT2D eigenvalue weighted by Gasteiger charge is -2.43. The average Bonchev–Trinajstić information content (AvgIpc) is 2.83. The topological polar surface area (TPSA) is 27.6 Å². The van der Waals surface area contributed by atoms with Gasteiger partial charge in [0.25, 0.3) is 0 Å². The number of thioether (sulfide) groups is 1. The molecule has 5 fully saturated rings. The number of hydrogen-bond donors (Lipinski definition) is 1. The van der Waals surface area contributed by atoms with Crippen LogP contribution in [0.4, 0.5) is 0 Å². The molecule has 4 saturated heterocycles. The highest BCUT2D eigenvalue weighted by Gasteiger charge is 2.40. The van der Waals surface area contributed by atoms with Gasteiger partial charge in [0, 0.05) is 17.8 Å². The second-order valence-electron chi connectivity index (χ2n) is 6.89. The van der Waals surface area contributed by atoms with E-state index in [1.54, 1.807) is 0 Å². The Hall–Kier alpha value is -0.220. The van der Waals surface area contributed by atoms with Gasteiger partial charge in [-0.3, -0.25) is 4.99 Å². The van der Waals surface area contributed by atoms with E-state index < -0.39 is 0 Å². The summed E-state index contributed by atoms with van der Waals surface area (Å²) in [6.07, 6.45) is 9.70. The molecule has 19 heavy (non-hydrogen) atoms. The van der Waals surface area contributed by atoms with Crippen molar-refractivity contribution < 1.29 is 0 Å². The van der Waals surface area contributed by atoms with E-state index in [2.05, 4.69) is 10.2 Å².